The van der Waals surface area contributed by atoms with Gasteiger partial charge in [-0.3, -0.25) is 5.01 Å². The van der Waals surface area contributed by atoms with Gasteiger partial charge in [-0.05, 0) is 34.9 Å². The highest BCUT2D eigenvalue weighted by Gasteiger charge is 2.06. The van der Waals surface area contributed by atoms with E-state index in [0.29, 0.717) is 11.5 Å². The maximum absolute atomic E-state index is 5.37. The minimum absolute atomic E-state index is 0.694. The normalized spacial score (nSPS) is 10.7. The summed E-state index contributed by atoms with van der Waals surface area (Å²) < 4.78 is 10.7. The Labute approximate surface area is 160 Å². The van der Waals surface area contributed by atoms with E-state index in [1.54, 1.807) is 14.2 Å². The number of benzene rings is 3. The summed E-state index contributed by atoms with van der Waals surface area (Å²) in [5.41, 5.74) is 3.40. The second kappa shape index (κ2) is 9.43. The summed E-state index contributed by atoms with van der Waals surface area (Å²) in [6.07, 6.45) is 1.86. The molecule has 0 heterocycles. The van der Waals surface area contributed by atoms with Gasteiger partial charge in [-0.25, -0.2) is 0 Å². The Bertz CT molecular complexity index is 823. The molecule has 0 bridgehead atoms. The van der Waals surface area contributed by atoms with Gasteiger partial charge in [0.1, 0.15) is 0 Å². The molecule has 0 aliphatic rings. The molecular formula is C23H24N2O2. The molecule has 138 valence electrons. The summed E-state index contributed by atoms with van der Waals surface area (Å²) in [6.45, 7) is 1.47. The van der Waals surface area contributed by atoms with Gasteiger partial charge in [0.25, 0.3) is 0 Å². The molecule has 0 spiro atoms. The Kier molecular flexibility index (Phi) is 6.47. The molecule has 0 saturated carbocycles. The molecule has 0 aliphatic heterocycles. The summed E-state index contributed by atoms with van der Waals surface area (Å²) in [7, 11) is 3.27. The van der Waals surface area contributed by atoms with E-state index in [0.717, 1.165) is 18.7 Å². The second-order valence-corrected chi connectivity index (χ2v) is 6.15. The van der Waals surface area contributed by atoms with Crippen molar-refractivity contribution in [3.63, 3.8) is 0 Å². The number of nitrogens with zero attached hydrogens (tertiary/aromatic N) is 2. The summed E-state index contributed by atoms with van der Waals surface area (Å²) in [5.74, 6) is 1.40. The Hall–Kier alpha value is -3.27. The Morgan fingerprint density at radius 2 is 1.30 bits per heavy atom. The molecule has 0 radical (unpaired) electrons. The standard InChI is InChI=1S/C23H24N2O2/c1-26-22-14-13-21(15-23(22)27-2)16-24-25(17-19-9-5-3-6-10-19)18-20-11-7-4-8-12-20/h3-16H,17-18H2,1-2H3/b24-16-. The van der Waals surface area contributed by atoms with Crippen LogP contribution in [0.3, 0.4) is 0 Å². The predicted molar refractivity (Wildman–Crippen MR) is 109 cm³/mol. The zero-order chi connectivity index (χ0) is 18.9. The summed E-state index contributed by atoms with van der Waals surface area (Å²) >= 11 is 0. The van der Waals surface area contributed by atoms with E-state index < -0.39 is 0 Å². The van der Waals surface area contributed by atoms with Crippen LogP contribution in [0.2, 0.25) is 0 Å². The van der Waals surface area contributed by atoms with Crippen molar-refractivity contribution in [2.45, 2.75) is 13.1 Å². The van der Waals surface area contributed by atoms with E-state index in [2.05, 4.69) is 29.3 Å². The van der Waals surface area contributed by atoms with Crippen molar-refractivity contribution in [3.05, 3.63) is 95.6 Å². The molecule has 4 nitrogen and oxygen atoms in total. The van der Waals surface area contributed by atoms with Crippen LogP contribution in [0.1, 0.15) is 16.7 Å². The van der Waals surface area contributed by atoms with Crippen LogP contribution >= 0.6 is 0 Å². The molecule has 0 unspecified atom stereocenters. The van der Waals surface area contributed by atoms with Gasteiger partial charge in [0, 0.05) is 0 Å². The Morgan fingerprint density at radius 1 is 0.741 bits per heavy atom. The van der Waals surface area contributed by atoms with Crippen LogP contribution in [0.5, 0.6) is 11.5 Å². The van der Waals surface area contributed by atoms with Crippen molar-refractivity contribution in [3.8, 4) is 11.5 Å². The van der Waals surface area contributed by atoms with Gasteiger partial charge in [0.15, 0.2) is 11.5 Å². The van der Waals surface area contributed by atoms with E-state index >= 15 is 0 Å². The van der Waals surface area contributed by atoms with Gasteiger partial charge in [0.05, 0.1) is 33.5 Å². The maximum Gasteiger partial charge on any atom is 0.161 e. The quantitative estimate of drug-likeness (QED) is 0.430. The molecule has 0 atom stereocenters. The van der Waals surface area contributed by atoms with Crippen LogP contribution in [0.15, 0.2) is 84.0 Å². The molecule has 0 fully saturated rings. The largest absolute Gasteiger partial charge is 0.493 e. The zero-order valence-corrected chi connectivity index (χ0v) is 15.7. The number of hydrogen-bond donors (Lipinski definition) is 0. The van der Waals surface area contributed by atoms with E-state index in [4.69, 9.17) is 14.6 Å². The smallest absolute Gasteiger partial charge is 0.161 e. The summed E-state index contributed by atoms with van der Waals surface area (Å²) in [5, 5.41) is 6.78. The van der Waals surface area contributed by atoms with Crippen LogP contribution in [0.25, 0.3) is 0 Å². The lowest BCUT2D eigenvalue weighted by Crippen LogP contribution is -2.17. The van der Waals surface area contributed by atoms with Gasteiger partial charge in [0.2, 0.25) is 0 Å². The number of hydrogen-bond acceptors (Lipinski definition) is 4. The molecule has 3 rings (SSSR count). The predicted octanol–water partition coefficient (Wildman–Crippen LogP) is 4.74. The Balaban J connectivity index is 1.80. The van der Waals surface area contributed by atoms with Crippen LogP contribution in [-0.4, -0.2) is 25.4 Å². The average Bonchev–Trinajstić information content (AvgIpc) is 2.73. The molecule has 3 aromatic rings. The molecule has 0 saturated heterocycles. The van der Waals surface area contributed by atoms with Crippen LogP contribution in [0, 0.1) is 0 Å². The van der Waals surface area contributed by atoms with Crippen molar-refractivity contribution in [2.24, 2.45) is 5.10 Å². The number of rotatable bonds is 8. The minimum atomic E-state index is 0.694. The average molecular weight is 360 g/mol. The van der Waals surface area contributed by atoms with Gasteiger partial charge in [-0.15, -0.1) is 0 Å². The molecule has 0 aromatic heterocycles. The first-order valence-electron chi connectivity index (χ1n) is 8.87. The van der Waals surface area contributed by atoms with E-state index in [1.807, 2.05) is 60.8 Å². The Morgan fingerprint density at radius 3 is 1.81 bits per heavy atom. The van der Waals surface area contributed by atoms with Crippen molar-refractivity contribution >= 4 is 6.21 Å². The molecule has 0 N–H and O–H groups in total. The minimum Gasteiger partial charge on any atom is -0.493 e. The third-order valence-corrected chi connectivity index (χ3v) is 4.19. The first-order chi connectivity index (χ1) is 13.3. The van der Waals surface area contributed by atoms with Crippen molar-refractivity contribution in [1.82, 2.24) is 5.01 Å². The fourth-order valence-corrected chi connectivity index (χ4v) is 2.81. The van der Waals surface area contributed by atoms with E-state index in [9.17, 15) is 0 Å². The van der Waals surface area contributed by atoms with Gasteiger partial charge in [-0.2, -0.15) is 5.10 Å². The highest BCUT2D eigenvalue weighted by atomic mass is 16.5. The third kappa shape index (κ3) is 5.35. The summed E-state index contributed by atoms with van der Waals surface area (Å²) in [4.78, 5) is 0. The van der Waals surface area contributed by atoms with E-state index in [1.165, 1.54) is 11.1 Å². The molecule has 3 aromatic carbocycles. The fourth-order valence-electron chi connectivity index (χ4n) is 2.81. The monoisotopic (exact) mass is 360 g/mol. The van der Waals surface area contributed by atoms with Gasteiger partial charge in [-0.1, -0.05) is 60.7 Å². The highest BCUT2D eigenvalue weighted by Crippen LogP contribution is 2.27. The van der Waals surface area contributed by atoms with Crippen molar-refractivity contribution in [1.29, 1.82) is 0 Å². The molecular weight excluding hydrogens is 336 g/mol. The lowest BCUT2D eigenvalue weighted by Gasteiger charge is -2.19. The fraction of sp³-hybridized carbons (Fsp3) is 0.174. The van der Waals surface area contributed by atoms with Gasteiger partial charge < -0.3 is 9.47 Å². The third-order valence-electron chi connectivity index (χ3n) is 4.19. The van der Waals surface area contributed by atoms with Gasteiger partial charge >= 0.3 is 0 Å². The molecule has 0 aliphatic carbocycles. The van der Waals surface area contributed by atoms with Crippen LogP contribution in [-0.2, 0) is 13.1 Å². The molecule has 27 heavy (non-hydrogen) atoms. The number of ether oxygens (including phenoxy) is 2. The maximum atomic E-state index is 5.37. The first kappa shape index (κ1) is 18.5. The SMILES string of the molecule is COc1ccc(/C=N\N(Cc2ccccc2)Cc2ccccc2)cc1OC. The van der Waals surface area contributed by atoms with Crippen LogP contribution in [0.4, 0.5) is 0 Å². The second-order valence-electron chi connectivity index (χ2n) is 6.15. The topological polar surface area (TPSA) is 34.1 Å². The highest BCUT2D eigenvalue weighted by molar-refractivity contribution is 5.80. The lowest BCUT2D eigenvalue weighted by atomic mass is 10.2. The van der Waals surface area contributed by atoms with Crippen molar-refractivity contribution in [2.75, 3.05) is 14.2 Å². The lowest BCUT2D eigenvalue weighted by molar-refractivity contribution is 0.272. The summed E-state index contributed by atoms with van der Waals surface area (Å²) in [6, 6.07) is 26.5. The first-order valence-corrected chi connectivity index (χ1v) is 8.87. The number of hydrazone groups is 1. The van der Waals surface area contributed by atoms with Crippen LogP contribution < -0.4 is 9.47 Å². The zero-order valence-electron chi connectivity index (χ0n) is 15.7. The number of methoxy groups -OCH3 is 2. The molecule has 4 heteroatoms. The molecule has 0 amide bonds. The van der Waals surface area contributed by atoms with Crippen molar-refractivity contribution < 1.29 is 9.47 Å². The van der Waals surface area contributed by atoms with E-state index in [-0.39, 0.29) is 0 Å².